The largest absolute Gasteiger partial charge is 0.469 e. The number of rotatable bonds is 6. The minimum atomic E-state index is -4.63. The molecule has 2 aromatic rings. The van der Waals surface area contributed by atoms with Gasteiger partial charge in [0.15, 0.2) is 0 Å². The Labute approximate surface area is 171 Å². The van der Waals surface area contributed by atoms with Crippen LogP contribution in [0.4, 0.5) is 21.1 Å². The Morgan fingerprint density at radius 1 is 1.07 bits per heavy atom. The van der Waals surface area contributed by atoms with E-state index in [4.69, 9.17) is 19.3 Å². The van der Waals surface area contributed by atoms with Gasteiger partial charge in [0.2, 0.25) is 0 Å². The maximum Gasteiger partial charge on any atom is 0.469 e. The van der Waals surface area contributed by atoms with Crippen LogP contribution in [0.3, 0.4) is 0 Å². The number of hydrogen-bond donors (Lipinski definition) is 2. The van der Waals surface area contributed by atoms with E-state index in [0.29, 0.717) is 24.7 Å². The van der Waals surface area contributed by atoms with Gasteiger partial charge >= 0.3 is 20.0 Å². The summed E-state index contributed by atoms with van der Waals surface area (Å²) in [6.45, 7) is 0.522. The number of aromatic nitrogens is 1. The minimum Gasteiger partial charge on any atom is -0.447 e. The first-order valence-electron chi connectivity index (χ1n) is 8.99. The zero-order valence-electron chi connectivity index (χ0n) is 15.6. The van der Waals surface area contributed by atoms with Gasteiger partial charge in [-0.25, -0.2) is 19.1 Å². The van der Waals surface area contributed by atoms with Crippen molar-refractivity contribution in [2.75, 3.05) is 36.1 Å². The highest BCUT2D eigenvalue weighted by atomic mass is 31.2. The van der Waals surface area contributed by atoms with E-state index in [9.17, 15) is 14.2 Å². The van der Waals surface area contributed by atoms with Crippen molar-refractivity contribution >= 4 is 31.5 Å². The second-order valence-corrected chi connectivity index (χ2v) is 7.86. The lowest BCUT2D eigenvalue weighted by molar-refractivity contribution is 0.0880. The molecule has 3 heterocycles. The van der Waals surface area contributed by atoms with Crippen LogP contribution in [0.25, 0.3) is 11.1 Å². The van der Waals surface area contributed by atoms with Crippen LogP contribution in [0.15, 0.2) is 42.6 Å². The zero-order chi connectivity index (χ0) is 21.3. The molecule has 12 heteroatoms. The molecular formula is C18H18N3O8P. The Bertz CT molecular complexity index is 991. The van der Waals surface area contributed by atoms with Gasteiger partial charge in [0.25, 0.3) is 0 Å². The molecule has 2 saturated heterocycles. The summed E-state index contributed by atoms with van der Waals surface area (Å²) >= 11 is 0. The van der Waals surface area contributed by atoms with Gasteiger partial charge in [-0.05, 0) is 29.8 Å². The predicted molar refractivity (Wildman–Crippen MR) is 104 cm³/mol. The topological polar surface area (TPSA) is 139 Å². The number of benzene rings is 1. The Balaban J connectivity index is 1.42. The van der Waals surface area contributed by atoms with Crippen LogP contribution in [-0.2, 0) is 18.6 Å². The number of cyclic esters (lactones) is 2. The summed E-state index contributed by atoms with van der Waals surface area (Å²) in [7, 11) is -4.63. The molecule has 1 aromatic carbocycles. The van der Waals surface area contributed by atoms with Crippen LogP contribution in [0.2, 0.25) is 0 Å². The highest BCUT2D eigenvalue weighted by molar-refractivity contribution is 7.46. The van der Waals surface area contributed by atoms with Crippen molar-refractivity contribution < 1.29 is 37.9 Å². The first kappa shape index (κ1) is 20.3. The number of pyridine rings is 1. The van der Waals surface area contributed by atoms with Crippen molar-refractivity contribution in [3.8, 4) is 11.1 Å². The first-order chi connectivity index (χ1) is 14.3. The van der Waals surface area contributed by atoms with Crippen molar-refractivity contribution in [3.63, 3.8) is 0 Å². The number of carbonyl (C=O) groups excluding carboxylic acids is 2. The summed E-state index contributed by atoms with van der Waals surface area (Å²) in [5, 5.41) is 0. The van der Waals surface area contributed by atoms with E-state index in [2.05, 4.69) is 9.51 Å². The number of nitrogens with zero attached hydrogens (tertiary/aromatic N) is 3. The van der Waals surface area contributed by atoms with E-state index in [1.807, 2.05) is 18.2 Å². The molecule has 2 amide bonds. The molecule has 2 aliphatic rings. The van der Waals surface area contributed by atoms with Crippen molar-refractivity contribution in [2.24, 2.45) is 0 Å². The molecule has 30 heavy (non-hydrogen) atoms. The molecular weight excluding hydrogens is 417 g/mol. The van der Waals surface area contributed by atoms with E-state index in [0.717, 1.165) is 11.1 Å². The quantitative estimate of drug-likeness (QED) is 0.653. The molecule has 1 atom stereocenters. The monoisotopic (exact) mass is 435 g/mol. The van der Waals surface area contributed by atoms with Crippen molar-refractivity contribution in [2.45, 2.75) is 6.10 Å². The van der Waals surface area contributed by atoms with Gasteiger partial charge in [-0.1, -0.05) is 12.1 Å². The van der Waals surface area contributed by atoms with Gasteiger partial charge in [0, 0.05) is 17.4 Å². The minimum absolute atomic E-state index is 0.111. The second-order valence-electron chi connectivity index (χ2n) is 6.62. The first-order valence-corrected chi connectivity index (χ1v) is 10.5. The molecule has 0 spiro atoms. The SMILES string of the molecule is O=C1O[C@@H](COP(=O)(O)O)CN1c1ccc(-c2ccc(N3CCOC3=O)nc2)cc1. The second kappa shape index (κ2) is 8.04. The third kappa shape index (κ3) is 4.44. The van der Waals surface area contributed by atoms with Gasteiger partial charge in [0.1, 0.15) is 18.5 Å². The normalized spacial score (nSPS) is 19.2. The van der Waals surface area contributed by atoms with Gasteiger partial charge in [-0.3, -0.25) is 14.3 Å². The van der Waals surface area contributed by atoms with E-state index < -0.39 is 32.7 Å². The van der Waals surface area contributed by atoms with Crippen molar-refractivity contribution in [1.29, 1.82) is 0 Å². The van der Waals surface area contributed by atoms with Crippen LogP contribution in [-0.4, -0.2) is 59.4 Å². The lowest BCUT2D eigenvalue weighted by Crippen LogP contribution is -2.25. The number of hydrogen-bond acceptors (Lipinski definition) is 7. The summed E-state index contributed by atoms with van der Waals surface area (Å²) in [5.74, 6) is 0.515. The van der Waals surface area contributed by atoms with Gasteiger partial charge < -0.3 is 19.3 Å². The average Bonchev–Trinajstić information content (AvgIpc) is 3.31. The van der Waals surface area contributed by atoms with Crippen LogP contribution in [0.1, 0.15) is 0 Å². The van der Waals surface area contributed by atoms with Crippen LogP contribution >= 0.6 is 7.82 Å². The number of phosphoric acid groups is 1. The smallest absolute Gasteiger partial charge is 0.447 e. The average molecular weight is 435 g/mol. The molecule has 4 rings (SSSR count). The van der Waals surface area contributed by atoms with E-state index >= 15 is 0 Å². The fourth-order valence-corrected chi connectivity index (χ4v) is 3.51. The van der Waals surface area contributed by atoms with Crippen LogP contribution in [0, 0.1) is 0 Å². The molecule has 2 N–H and O–H groups in total. The maximum atomic E-state index is 12.1. The molecule has 0 aliphatic carbocycles. The molecule has 0 bridgehead atoms. The standard InChI is InChI=1S/C18H18N3O8P/c22-17-20(7-8-27-17)16-6-3-13(9-19-16)12-1-4-14(5-2-12)21-10-15(29-18(21)23)11-28-30(24,25)26/h1-6,9,15H,7-8,10-11H2,(H2,24,25,26)/t15-/m1/s1. The molecule has 2 aliphatic heterocycles. The fraction of sp³-hybridized carbons (Fsp3) is 0.278. The summed E-state index contributed by atoms with van der Waals surface area (Å²) < 4.78 is 25.2. The van der Waals surface area contributed by atoms with Crippen LogP contribution < -0.4 is 9.80 Å². The lowest BCUT2D eigenvalue weighted by Gasteiger charge is -2.14. The van der Waals surface area contributed by atoms with E-state index in [1.165, 1.54) is 9.80 Å². The molecule has 1 aromatic heterocycles. The van der Waals surface area contributed by atoms with E-state index in [1.54, 1.807) is 24.4 Å². The molecule has 0 unspecified atom stereocenters. The van der Waals surface area contributed by atoms with Crippen molar-refractivity contribution in [1.82, 2.24) is 4.98 Å². The molecule has 2 fully saturated rings. The van der Waals surface area contributed by atoms with Crippen LogP contribution in [0.5, 0.6) is 0 Å². The molecule has 0 saturated carbocycles. The van der Waals surface area contributed by atoms with Gasteiger partial charge in [0.05, 0.1) is 19.7 Å². The third-order valence-electron chi connectivity index (χ3n) is 4.60. The highest BCUT2D eigenvalue weighted by Crippen LogP contribution is 2.36. The lowest BCUT2D eigenvalue weighted by atomic mass is 10.1. The van der Waals surface area contributed by atoms with Crippen molar-refractivity contribution in [3.05, 3.63) is 42.6 Å². The number of carbonyl (C=O) groups is 2. The molecule has 11 nitrogen and oxygen atoms in total. The summed E-state index contributed by atoms with van der Waals surface area (Å²) in [6.07, 6.45) is -0.166. The summed E-state index contributed by atoms with van der Waals surface area (Å²) in [5.41, 5.74) is 2.26. The number of phosphoric ester groups is 1. The third-order valence-corrected chi connectivity index (χ3v) is 5.09. The summed E-state index contributed by atoms with van der Waals surface area (Å²) in [4.78, 5) is 48.3. The number of ether oxygens (including phenoxy) is 2. The van der Waals surface area contributed by atoms with E-state index in [-0.39, 0.29) is 6.54 Å². The molecule has 158 valence electrons. The van der Waals surface area contributed by atoms with Gasteiger partial charge in [-0.2, -0.15) is 0 Å². The fourth-order valence-electron chi connectivity index (χ4n) is 3.15. The predicted octanol–water partition coefficient (Wildman–Crippen LogP) is 2.14. The number of amides is 2. The Morgan fingerprint density at radius 2 is 1.80 bits per heavy atom. The Hall–Kier alpha value is -2.98. The van der Waals surface area contributed by atoms with Gasteiger partial charge in [-0.15, -0.1) is 0 Å². The molecule has 0 radical (unpaired) electrons. The Kier molecular flexibility index (Phi) is 5.44. The number of anilines is 2. The Morgan fingerprint density at radius 3 is 2.40 bits per heavy atom. The maximum absolute atomic E-state index is 12.1. The highest BCUT2D eigenvalue weighted by Gasteiger charge is 2.34. The zero-order valence-corrected chi connectivity index (χ0v) is 16.5. The summed E-state index contributed by atoms with van der Waals surface area (Å²) in [6, 6.07) is 10.6.